The first-order valence-electron chi connectivity index (χ1n) is 9.91. The number of hydrogen-bond donors (Lipinski definition) is 2. The van der Waals surface area contributed by atoms with Crippen LogP contribution in [0.5, 0.6) is 0 Å². The lowest BCUT2D eigenvalue weighted by molar-refractivity contribution is -0.123. The summed E-state index contributed by atoms with van der Waals surface area (Å²) in [7, 11) is 0.424. The molecule has 0 saturated carbocycles. The summed E-state index contributed by atoms with van der Waals surface area (Å²) in [5.41, 5.74) is 2.01. The molecule has 0 aromatic carbocycles. The molecule has 13 heteroatoms. The molecule has 2 aromatic heterocycles. The molecule has 2 aliphatic rings. The molecule has 1 saturated heterocycles. The van der Waals surface area contributed by atoms with E-state index in [-0.39, 0.29) is 12.1 Å². The van der Waals surface area contributed by atoms with Gasteiger partial charge in [-0.05, 0) is 24.8 Å². The average Bonchev–Trinajstić information content (AvgIpc) is 3.24. The molecule has 172 valence electrons. The van der Waals surface area contributed by atoms with Gasteiger partial charge in [-0.3, -0.25) is 8.89 Å². The van der Waals surface area contributed by atoms with Crippen LogP contribution in [0.15, 0.2) is 29.6 Å². The van der Waals surface area contributed by atoms with E-state index < -0.39 is 29.6 Å². The number of halogens is 3. The third-order valence-corrected chi connectivity index (χ3v) is 6.32. The van der Waals surface area contributed by atoms with E-state index in [1.165, 1.54) is 17.4 Å². The zero-order chi connectivity index (χ0) is 23.0. The Morgan fingerprint density at radius 3 is 2.72 bits per heavy atom. The SMILES string of the molecule is Cn1cc(Nc2ncc(S(C)=O)c(C3=CC4CCC(C3)N4C(=O)NCC(F)(F)F)n2)cn1. The molecule has 32 heavy (non-hydrogen) atoms. The van der Waals surface area contributed by atoms with Gasteiger partial charge < -0.3 is 15.5 Å². The molecule has 2 bridgehead atoms. The van der Waals surface area contributed by atoms with Gasteiger partial charge in [-0.15, -0.1) is 0 Å². The van der Waals surface area contributed by atoms with E-state index in [0.29, 0.717) is 41.5 Å². The Morgan fingerprint density at radius 2 is 2.09 bits per heavy atom. The monoisotopic (exact) mass is 469 g/mol. The second-order valence-electron chi connectivity index (χ2n) is 7.76. The highest BCUT2D eigenvalue weighted by molar-refractivity contribution is 7.84. The van der Waals surface area contributed by atoms with E-state index in [9.17, 15) is 22.2 Å². The maximum absolute atomic E-state index is 12.5. The van der Waals surface area contributed by atoms with Crippen molar-refractivity contribution in [3.05, 3.63) is 30.4 Å². The van der Waals surface area contributed by atoms with Gasteiger partial charge in [-0.2, -0.15) is 18.3 Å². The van der Waals surface area contributed by atoms with E-state index in [1.54, 1.807) is 24.1 Å². The molecular formula is C19H22F3N7O2S. The number of urea groups is 1. The summed E-state index contributed by atoms with van der Waals surface area (Å²) in [5.74, 6) is 0.306. The van der Waals surface area contributed by atoms with Crippen molar-refractivity contribution in [2.75, 3.05) is 18.1 Å². The van der Waals surface area contributed by atoms with Gasteiger partial charge in [0.2, 0.25) is 5.95 Å². The molecule has 1 fully saturated rings. The molecule has 9 nitrogen and oxygen atoms in total. The van der Waals surface area contributed by atoms with Gasteiger partial charge in [-0.25, -0.2) is 14.8 Å². The third-order valence-electron chi connectivity index (χ3n) is 5.40. The van der Waals surface area contributed by atoms with E-state index in [2.05, 4.69) is 20.4 Å². The molecule has 2 N–H and O–H groups in total. The standard InChI is InChI=1S/C19H22F3N7O2S/c1-28-9-12(7-25-28)26-17-23-8-15(32(2)31)16(27-17)11-5-13-3-4-14(6-11)29(13)18(30)24-10-19(20,21)22/h5,7-9,13-14H,3-4,6,10H2,1-2H3,(H,24,30)(H,23,26,27). The number of carbonyl (C=O) groups excluding carboxylic acids is 1. The number of fused-ring (bicyclic) bond motifs is 2. The van der Waals surface area contributed by atoms with Crippen LogP contribution in [-0.2, 0) is 17.8 Å². The van der Waals surface area contributed by atoms with Crippen molar-refractivity contribution in [3.8, 4) is 0 Å². The Morgan fingerprint density at radius 1 is 1.31 bits per heavy atom. The van der Waals surface area contributed by atoms with Gasteiger partial charge in [0.1, 0.15) is 6.54 Å². The van der Waals surface area contributed by atoms with E-state index in [0.717, 1.165) is 5.57 Å². The molecule has 4 heterocycles. The van der Waals surface area contributed by atoms with Crippen molar-refractivity contribution < 1.29 is 22.2 Å². The van der Waals surface area contributed by atoms with Gasteiger partial charge >= 0.3 is 12.2 Å². The summed E-state index contributed by atoms with van der Waals surface area (Å²) >= 11 is 0. The molecule has 2 aromatic rings. The fourth-order valence-electron chi connectivity index (χ4n) is 4.08. The minimum absolute atomic E-state index is 0.254. The summed E-state index contributed by atoms with van der Waals surface area (Å²) in [6.07, 6.45) is 5.49. The smallest absolute Gasteiger partial charge is 0.329 e. The minimum Gasteiger partial charge on any atom is -0.329 e. The highest BCUT2D eigenvalue weighted by Gasteiger charge is 2.41. The maximum atomic E-state index is 12.5. The van der Waals surface area contributed by atoms with Gasteiger partial charge in [0.25, 0.3) is 0 Å². The predicted molar refractivity (Wildman–Crippen MR) is 112 cm³/mol. The lowest BCUT2D eigenvalue weighted by Gasteiger charge is -2.34. The van der Waals surface area contributed by atoms with Crippen molar-refractivity contribution in [3.63, 3.8) is 0 Å². The van der Waals surface area contributed by atoms with Crippen molar-refractivity contribution in [1.82, 2.24) is 30.0 Å². The van der Waals surface area contributed by atoms with Crippen LogP contribution in [0.1, 0.15) is 25.0 Å². The highest BCUT2D eigenvalue weighted by Crippen LogP contribution is 2.39. The summed E-state index contributed by atoms with van der Waals surface area (Å²) in [6.45, 7) is -1.37. The number of anilines is 2. The fourth-order valence-corrected chi connectivity index (χ4v) is 4.73. The van der Waals surface area contributed by atoms with Crippen LogP contribution in [0.25, 0.3) is 5.57 Å². The van der Waals surface area contributed by atoms with Crippen LogP contribution in [-0.4, -0.2) is 65.9 Å². The number of nitrogens with zero attached hydrogens (tertiary/aromatic N) is 5. The van der Waals surface area contributed by atoms with Gasteiger partial charge in [-0.1, -0.05) is 6.08 Å². The van der Waals surface area contributed by atoms with Gasteiger partial charge in [0.05, 0.1) is 39.3 Å². The number of amides is 2. The van der Waals surface area contributed by atoms with Gasteiger partial charge in [0, 0.05) is 31.7 Å². The number of aromatic nitrogens is 4. The van der Waals surface area contributed by atoms with Crippen LogP contribution < -0.4 is 10.6 Å². The van der Waals surface area contributed by atoms with Crippen LogP contribution in [0.2, 0.25) is 0 Å². The summed E-state index contributed by atoms with van der Waals surface area (Å²) in [6, 6.07) is -1.33. The highest BCUT2D eigenvalue weighted by atomic mass is 32.2. The average molecular weight is 469 g/mol. The van der Waals surface area contributed by atoms with Crippen molar-refractivity contribution in [2.24, 2.45) is 7.05 Å². The van der Waals surface area contributed by atoms with Gasteiger partial charge in [0.15, 0.2) is 0 Å². The minimum atomic E-state index is -4.47. The molecular weight excluding hydrogens is 447 g/mol. The lowest BCUT2D eigenvalue weighted by Crippen LogP contribution is -2.50. The summed E-state index contributed by atoms with van der Waals surface area (Å²) in [5, 5.41) is 9.09. The lowest BCUT2D eigenvalue weighted by atomic mass is 9.98. The molecule has 2 amide bonds. The van der Waals surface area contributed by atoms with E-state index in [4.69, 9.17) is 0 Å². The number of alkyl halides is 3. The van der Waals surface area contributed by atoms with Crippen LogP contribution in [0, 0.1) is 0 Å². The number of carbonyl (C=O) groups is 1. The normalized spacial score (nSPS) is 21.3. The zero-order valence-electron chi connectivity index (χ0n) is 17.4. The number of aryl methyl sites for hydroxylation is 1. The summed E-state index contributed by atoms with van der Waals surface area (Å²) in [4.78, 5) is 23.1. The molecule has 0 spiro atoms. The summed E-state index contributed by atoms with van der Waals surface area (Å²) < 4.78 is 51.4. The Bertz CT molecular complexity index is 1090. The topological polar surface area (TPSA) is 105 Å². The zero-order valence-corrected chi connectivity index (χ0v) is 18.2. The van der Waals surface area contributed by atoms with E-state index >= 15 is 0 Å². The molecule has 0 radical (unpaired) electrons. The molecule has 4 rings (SSSR count). The Balaban J connectivity index is 1.59. The second-order valence-corrected chi connectivity index (χ2v) is 9.11. The Labute approximate surface area is 184 Å². The number of nitrogens with one attached hydrogen (secondary N) is 2. The number of hydrogen-bond acceptors (Lipinski definition) is 6. The maximum Gasteiger partial charge on any atom is 0.405 e. The second kappa shape index (κ2) is 8.52. The van der Waals surface area contributed by atoms with Crippen molar-refractivity contribution >= 4 is 34.0 Å². The predicted octanol–water partition coefficient (Wildman–Crippen LogP) is 2.58. The molecule has 3 atom stereocenters. The van der Waals surface area contributed by atoms with Crippen molar-refractivity contribution in [2.45, 2.75) is 42.4 Å². The molecule has 3 unspecified atom stereocenters. The fraction of sp³-hybridized carbons (Fsp3) is 0.474. The van der Waals surface area contributed by atoms with Crippen LogP contribution >= 0.6 is 0 Å². The first-order valence-corrected chi connectivity index (χ1v) is 11.5. The molecule has 2 aliphatic heterocycles. The Kier molecular flexibility index (Phi) is 5.93. The Hall–Kier alpha value is -2.96. The third kappa shape index (κ3) is 4.76. The quantitative estimate of drug-likeness (QED) is 0.698. The number of rotatable bonds is 5. The van der Waals surface area contributed by atoms with Crippen LogP contribution in [0.3, 0.4) is 0 Å². The first-order chi connectivity index (χ1) is 15.1. The van der Waals surface area contributed by atoms with Crippen molar-refractivity contribution in [1.29, 1.82) is 0 Å². The van der Waals surface area contributed by atoms with E-state index in [1.807, 2.05) is 11.4 Å². The first kappa shape index (κ1) is 22.2. The molecule has 0 aliphatic carbocycles. The largest absolute Gasteiger partial charge is 0.405 e. The van der Waals surface area contributed by atoms with Crippen LogP contribution in [0.4, 0.5) is 29.6 Å².